The van der Waals surface area contributed by atoms with Crippen LogP contribution in [0.5, 0.6) is 5.75 Å². The number of aliphatic hydroxyl groups is 1. The first-order chi connectivity index (χ1) is 23.5. The van der Waals surface area contributed by atoms with Gasteiger partial charge in [-0.2, -0.15) is 15.1 Å². The minimum Gasteiger partial charge on any atom is -0.756 e. The number of rotatable bonds is 15. The van der Waals surface area contributed by atoms with Crippen LogP contribution in [0, 0.1) is 0 Å². The molecule has 4 unspecified atom stereocenters. The molecule has 5 rings (SSSR count). The number of carbonyl (C=O) groups excluding carboxylic acids is 1. The van der Waals surface area contributed by atoms with Gasteiger partial charge in [0.25, 0.3) is 15.6 Å². The van der Waals surface area contributed by atoms with Crippen molar-refractivity contribution >= 4 is 57.9 Å². The quantitative estimate of drug-likeness (QED) is 0.0888. The molecule has 2 aromatic heterocycles. The van der Waals surface area contributed by atoms with Gasteiger partial charge in [-0.1, -0.05) is 48.5 Å². The number of aliphatic hydroxyl groups excluding tert-OH is 1. The van der Waals surface area contributed by atoms with Gasteiger partial charge >= 0.3 is 13.7 Å². The van der Waals surface area contributed by atoms with Crippen LogP contribution >= 0.6 is 35.0 Å². The Labute approximate surface area is 287 Å². The summed E-state index contributed by atoms with van der Waals surface area (Å²) in [6.45, 7) is -0.197. The fraction of sp³-hybridized carbons (Fsp3) is 0.308. The van der Waals surface area contributed by atoms with E-state index >= 15 is 4.39 Å². The van der Waals surface area contributed by atoms with Gasteiger partial charge in [0.1, 0.15) is 36.1 Å². The number of phosphoric ester groups is 1. The van der Waals surface area contributed by atoms with Crippen molar-refractivity contribution in [2.24, 2.45) is 0 Å². The van der Waals surface area contributed by atoms with Crippen LogP contribution in [0.3, 0.4) is 0 Å². The molecule has 1 aliphatic heterocycles. The van der Waals surface area contributed by atoms with Crippen LogP contribution in [0.1, 0.15) is 18.7 Å². The van der Waals surface area contributed by atoms with Gasteiger partial charge in [-0.05, 0) is 36.2 Å². The molecule has 1 saturated heterocycles. The number of nitrogens with one attached hydrogen (secondary N) is 1. The molecule has 2 aromatic carbocycles. The number of aromatic nitrogens is 4. The number of hydrogen-bond acceptors (Lipinski definition) is 17. The number of nitrogen functional groups attached to an aromatic ring is 1. The number of nitrogens with two attached hydrogens (primary N) is 1. The van der Waals surface area contributed by atoms with E-state index in [1.54, 1.807) is 36.4 Å². The molecule has 3 heterocycles. The highest BCUT2D eigenvalue weighted by Gasteiger charge is 2.47. The van der Waals surface area contributed by atoms with Crippen molar-refractivity contribution in [3.63, 3.8) is 0 Å². The zero-order chi connectivity index (χ0) is 36.3. The molecule has 19 nitrogen and oxygen atoms in total. The Hall–Kier alpha value is -3.35. The fourth-order valence-electron chi connectivity index (χ4n) is 4.45. The zero-order valence-corrected chi connectivity index (χ0v) is 28.9. The number of benzene rings is 2. The summed E-state index contributed by atoms with van der Waals surface area (Å²) in [6.07, 6.45) is -6.49. The van der Waals surface area contributed by atoms with E-state index in [4.69, 9.17) is 31.3 Å². The first kappa shape index (κ1) is 37.9. The summed E-state index contributed by atoms with van der Waals surface area (Å²) < 4.78 is 84.0. The summed E-state index contributed by atoms with van der Waals surface area (Å²) in [5.74, 6) is -1.34. The van der Waals surface area contributed by atoms with Gasteiger partial charge in [0.15, 0.2) is 23.9 Å². The standard InChI is InChI=1S/C26H29ClFN6O13P3/c1-15(25(36)42-12-16-8-4-2-5-9-16)33-48(37,45-17-10-6-3-7-11-17)46-50(40,41)47-49(38,39)43-13-18-21(35)19(28)24(44-18)34-14-30-20-22(29)31-26(27)32-23(20)34/h2-11,14-15,18-19,21,24,35H,12-13H2,1H3,(H,33,37)(H,38,39)(H,40,41)(H2,29,31,32)/p-2/t15-,18+,19?,21-,24+,48?/m0/s1. The van der Waals surface area contributed by atoms with Crippen molar-refractivity contribution in [3.8, 4) is 5.75 Å². The number of fused-ring (bicyclic) bond motifs is 1. The Bertz CT molecular complexity index is 1970. The number of ether oxygens (including phenoxy) is 2. The average Bonchev–Trinajstić information content (AvgIpc) is 3.58. The summed E-state index contributed by atoms with van der Waals surface area (Å²) in [5, 5.41) is 12.2. The molecule has 0 saturated carbocycles. The predicted octanol–water partition coefficient (Wildman–Crippen LogP) is 2.55. The number of carbonyl (C=O) groups is 1. The third-order valence-electron chi connectivity index (χ3n) is 6.69. The van der Waals surface area contributed by atoms with E-state index in [9.17, 15) is 33.4 Å². The molecule has 24 heteroatoms. The van der Waals surface area contributed by atoms with E-state index in [1.165, 1.54) is 24.3 Å². The Morgan fingerprint density at radius 1 is 1.10 bits per heavy atom. The lowest BCUT2D eigenvalue weighted by Gasteiger charge is -2.33. The Kier molecular flexibility index (Phi) is 11.7. The second kappa shape index (κ2) is 15.5. The molecular formula is C26H27ClFN6O13P3-2. The molecular weight excluding hydrogens is 752 g/mol. The second-order valence-electron chi connectivity index (χ2n) is 10.4. The third-order valence-corrected chi connectivity index (χ3v) is 11.7. The Morgan fingerprint density at radius 2 is 1.76 bits per heavy atom. The van der Waals surface area contributed by atoms with E-state index in [2.05, 4.69) is 33.2 Å². The summed E-state index contributed by atoms with van der Waals surface area (Å²) in [5.41, 5.74) is 6.33. The van der Waals surface area contributed by atoms with Crippen LogP contribution in [0.15, 0.2) is 67.0 Å². The molecule has 4 N–H and O–H groups in total. The maximum atomic E-state index is 15.1. The van der Waals surface area contributed by atoms with Gasteiger partial charge in [0.2, 0.25) is 5.28 Å². The molecule has 270 valence electrons. The molecule has 0 bridgehead atoms. The van der Waals surface area contributed by atoms with Crippen LogP contribution in [0.4, 0.5) is 10.2 Å². The van der Waals surface area contributed by atoms with Crippen LogP contribution in [0.25, 0.3) is 11.2 Å². The predicted molar refractivity (Wildman–Crippen MR) is 166 cm³/mol. The maximum Gasteiger partial charge on any atom is 0.465 e. The molecule has 50 heavy (non-hydrogen) atoms. The molecule has 0 aliphatic carbocycles. The largest absolute Gasteiger partial charge is 0.756 e. The number of alkyl halides is 1. The molecule has 0 amide bonds. The van der Waals surface area contributed by atoms with E-state index in [-0.39, 0.29) is 34.6 Å². The van der Waals surface area contributed by atoms with Gasteiger partial charge in [0, 0.05) is 0 Å². The van der Waals surface area contributed by atoms with Crippen molar-refractivity contribution in [1.29, 1.82) is 0 Å². The van der Waals surface area contributed by atoms with Crippen molar-refractivity contribution < 1.29 is 64.9 Å². The summed E-state index contributed by atoms with van der Waals surface area (Å²) in [4.78, 5) is 49.5. The summed E-state index contributed by atoms with van der Waals surface area (Å²) in [7, 11) is -17.3. The van der Waals surface area contributed by atoms with Crippen molar-refractivity contribution in [2.75, 3.05) is 12.3 Å². The summed E-state index contributed by atoms with van der Waals surface area (Å²) >= 11 is 5.82. The lowest BCUT2D eigenvalue weighted by Crippen LogP contribution is -2.35. The first-order valence-corrected chi connectivity index (χ1v) is 19.0. The Balaban J connectivity index is 1.24. The number of hydrogen-bond donors (Lipinski definition) is 3. The normalized spacial score (nSPS) is 23.4. The molecule has 8 atom stereocenters. The number of phosphoric acid groups is 2. The minimum atomic E-state index is -6.18. The number of para-hydroxylation sites is 1. The smallest absolute Gasteiger partial charge is 0.465 e. The maximum absolute atomic E-state index is 15.1. The van der Waals surface area contributed by atoms with E-state index in [0.717, 1.165) is 17.8 Å². The van der Waals surface area contributed by atoms with Gasteiger partial charge in [-0.3, -0.25) is 18.5 Å². The van der Waals surface area contributed by atoms with Crippen LogP contribution in [0.2, 0.25) is 5.28 Å². The highest BCUT2D eigenvalue weighted by atomic mass is 35.5. The minimum absolute atomic E-state index is 0.0320. The molecule has 4 aromatic rings. The molecule has 0 radical (unpaired) electrons. The highest BCUT2D eigenvalue weighted by molar-refractivity contribution is 7.67. The number of nitrogens with zero attached hydrogens (tertiary/aromatic N) is 4. The lowest BCUT2D eigenvalue weighted by molar-refractivity contribution is -0.241. The topological polar surface area (TPSA) is 272 Å². The number of esters is 1. The van der Waals surface area contributed by atoms with Gasteiger partial charge < -0.3 is 39.1 Å². The van der Waals surface area contributed by atoms with Crippen LogP contribution < -0.4 is 25.1 Å². The average molecular weight is 779 g/mol. The number of anilines is 1. The second-order valence-corrected chi connectivity index (χ2v) is 15.5. The monoisotopic (exact) mass is 778 g/mol. The lowest BCUT2D eigenvalue weighted by atomic mass is 10.1. The van der Waals surface area contributed by atoms with Crippen LogP contribution in [-0.2, 0) is 47.7 Å². The van der Waals surface area contributed by atoms with E-state index < -0.39 is 66.6 Å². The van der Waals surface area contributed by atoms with Crippen molar-refractivity contribution in [2.45, 2.75) is 44.2 Å². The first-order valence-electron chi connectivity index (χ1n) is 14.2. The number of halogens is 2. The highest BCUT2D eigenvalue weighted by Crippen LogP contribution is 2.64. The molecule has 1 fully saturated rings. The van der Waals surface area contributed by atoms with Gasteiger partial charge in [-0.25, -0.2) is 22.6 Å². The number of imidazole rings is 1. The SMILES string of the molecule is C[C@H](NP(=O)(Oc1ccccc1)OP(=O)([O-])OP(=O)([O-])OC[C@H]1O[C@@H](n2cnc3c(N)nc(Cl)nc32)C(F)[C@H]1O)C(=O)OCc1ccccc1. The third kappa shape index (κ3) is 9.50. The zero-order valence-electron chi connectivity index (χ0n) is 25.5. The molecule has 0 spiro atoms. The van der Waals surface area contributed by atoms with Crippen LogP contribution in [-0.4, -0.2) is 61.6 Å². The fourth-order valence-corrected chi connectivity index (χ4v) is 8.91. The van der Waals surface area contributed by atoms with E-state index in [1.807, 2.05) is 0 Å². The van der Waals surface area contributed by atoms with Crippen molar-refractivity contribution in [1.82, 2.24) is 24.6 Å². The van der Waals surface area contributed by atoms with Gasteiger partial charge in [-0.15, -0.1) is 0 Å². The summed E-state index contributed by atoms with van der Waals surface area (Å²) in [6, 6.07) is 13.9. The van der Waals surface area contributed by atoms with E-state index in [0.29, 0.717) is 5.56 Å². The van der Waals surface area contributed by atoms with Gasteiger partial charge in [0.05, 0.1) is 12.9 Å². The molecule has 1 aliphatic rings. The Morgan fingerprint density at radius 3 is 2.44 bits per heavy atom. The van der Waals surface area contributed by atoms with Crippen molar-refractivity contribution in [3.05, 3.63) is 77.8 Å².